The average Bonchev–Trinajstić information content (AvgIpc) is 2.89. The SMILES string of the molecule is Cc1ccc(Cl)c(Nc2nc3c(cc2C(N)=S)CCC3)c1. The van der Waals surface area contributed by atoms with Gasteiger partial charge in [0, 0.05) is 5.69 Å². The summed E-state index contributed by atoms with van der Waals surface area (Å²) in [6.07, 6.45) is 3.18. The summed E-state index contributed by atoms with van der Waals surface area (Å²) in [6.45, 7) is 2.02. The quantitative estimate of drug-likeness (QED) is 0.843. The Morgan fingerprint density at radius 2 is 2.14 bits per heavy atom. The van der Waals surface area contributed by atoms with E-state index in [2.05, 4.69) is 11.4 Å². The topological polar surface area (TPSA) is 50.9 Å². The van der Waals surface area contributed by atoms with Crippen molar-refractivity contribution >= 4 is 40.3 Å². The van der Waals surface area contributed by atoms with Crippen molar-refractivity contribution in [2.75, 3.05) is 5.32 Å². The van der Waals surface area contributed by atoms with E-state index < -0.39 is 0 Å². The number of nitrogens with two attached hydrogens (primary N) is 1. The molecule has 3 nitrogen and oxygen atoms in total. The van der Waals surface area contributed by atoms with Gasteiger partial charge in [0.1, 0.15) is 10.8 Å². The number of hydrogen-bond donors (Lipinski definition) is 2. The predicted molar refractivity (Wildman–Crippen MR) is 91.6 cm³/mol. The van der Waals surface area contributed by atoms with E-state index >= 15 is 0 Å². The largest absolute Gasteiger partial charge is 0.389 e. The number of nitrogens with zero attached hydrogens (tertiary/aromatic N) is 1. The molecule has 1 aliphatic carbocycles. The summed E-state index contributed by atoms with van der Waals surface area (Å²) < 4.78 is 0. The first-order valence-electron chi connectivity index (χ1n) is 6.90. The highest BCUT2D eigenvalue weighted by molar-refractivity contribution is 7.80. The smallest absolute Gasteiger partial charge is 0.140 e. The molecule has 3 N–H and O–H groups in total. The van der Waals surface area contributed by atoms with Gasteiger partial charge in [-0.15, -0.1) is 0 Å². The van der Waals surface area contributed by atoms with Gasteiger partial charge >= 0.3 is 0 Å². The second-order valence-corrected chi connectivity index (χ2v) is 6.16. The Balaban J connectivity index is 2.05. The third-order valence-electron chi connectivity index (χ3n) is 3.69. The van der Waals surface area contributed by atoms with Crippen LogP contribution in [-0.2, 0) is 12.8 Å². The highest BCUT2D eigenvalue weighted by Gasteiger charge is 2.18. The molecule has 0 atom stereocenters. The fraction of sp³-hybridized carbons (Fsp3) is 0.250. The molecule has 0 spiro atoms. The molecule has 1 aromatic heterocycles. The van der Waals surface area contributed by atoms with Crippen LogP contribution in [0.25, 0.3) is 0 Å². The molecular formula is C16H16ClN3S. The Morgan fingerprint density at radius 3 is 2.90 bits per heavy atom. The van der Waals surface area contributed by atoms with Crippen LogP contribution in [-0.4, -0.2) is 9.97 Å². The van der Waals surface area contributed by atoms with E-state index in [-0.39, 0.29) is 0 Å². The minimum Gasteiger partial charge on any atom is -0.389 e. The number of anilines is 2. The molecule has 0 saturated carbocycles. The molecule has 1 aromatic carbocycles. The first-order valence-corrected chi connectivity index (χ1v) is 7.69. The van der Waals surface area contributed by atoms with Crippen molar-refractivity contribution in [2.45, 2.75) is 26.2 Å². The number of aryl methyl sites for hydroxylation is 3. The summed E-state index contributed by atoms with van der Waals surface area (Å²) in [5.74, 6) is 0.690. The fourth-order valence-electron chi connectivity index (χ4n) is 2.62. The van der Waals surface area contributed by atoms with Gasteiger partial charge in [-0.25, -0.2) is 4.98 Å². The van der Waals surface area contributed by atoms with Crippen LogP contribution >= 0.6 is 23.8 Å². The van der Waals surface area contributed by atoms with E-state index in [1.165, 1.54) is 5.56 Å². The van der Waals surface area contributed by atoms with Crippen molar-refractivity contribution in [1.82, 2.24) is 4.98 Å². The summed E-state index contributed by atoms with van der Waals surface area (Å²) in [5, 5.41) is 3.93. The van der Waals surface area contributed by atoms with Crippen LogP contribution in [0.3, 0.4) is 0 Å². The molecule has 5 heteroatoms. The highest BCUT2D eigenvalue weighted by atomic mass is 35.5. The molecule has 2 aromatic rings. The van der Waals surface area contributed by atoms with E-state index in [1.54, 1.807) is 0 Å². The zero-order valence-electron chi connectivity index (χ0n) is 11.7. The number of rotatable bonds is 3. The van der Waals surface area contributed by atoms with Crippen molar-refractivity contribution in [3.63, 3.8) is 0 Å². The number of halogens is 1. The molecule has 21 heavy (non-hydrogen) atoms. The molecular weight excluding hydrogens is 302 g/mol. The molecule has 1 aliphatic rings. The van der Waals surface area contributed by atoms with Crippen molar-refractivity contribution in [2.24, 2.45) is 5.73 Å². The van der Waals surface area contributed by atoms with Crippen LogP contribution in [0.15, 0.2) is 24.3 Å². The highest BCUT2D eigenvalue weighted by Crippen LogP contribution is 2.30. The number of benzene rings is 1. The van der Waals surface area contributed by atoms with E-state index in [0.717, 1.165) is 41.8 Å². The summed E-state index contributed by atoms with van der Waals surface area (Å²) in [4.78, 5) is 5.05. The van der Waals surface area contributed by atoms with Gasteiger partial charge in [-0.1, -0.05) is 29.9 Å². The van der Waals surface area contributed by atoms with Crippen LogP contribution in [0.1, 0.15) is 28.8 Å². The third kappa shape index (κ3) is 2.87. The van der Waals surface area contributed by atoms with Gasteiger partial charge in [0.25, 0.3) is 0 Å². The minimum absolute atomic E-state index is 0.350. The summed E-state index contributed by atoms with van der Waals surface area (Å²) >= 11 is 11.4. The molecule has 0 aliphatic heterocycles. The van der Waals surface area contributed by atoms with Gasteiger partial charge in [0.05, 0.1) is 16.3 Å². The summed E-state index contributed by atoms with van der Waals surface area (Å²) in [7, 11) is 0. The fourth-order valence-corrected chi connectivity index (χ4v) is 2.94. The van der Waals surface area contributed by atoms with Gasteiger partial charge in [-0.3, -0.25) is 0 Å². The zero-order valence-corrected chi connectivity index (χ0v) is 13.3. The van der Waals surface area contributed by atoms with E-state index in [1.807, 2.05) is 25.1 Å². The lowest BCUT2D eigenvalue weighted by Gasteiger charge is -2.14. The van der Waals surface area contributed by atoms with Crippen LogP contribution in [0.5, 0.6) is 0 Å². The number of thiocarbonyl (C=S) groups is 1. The van der Waals surface area contributed by atoms with Crippen molar-refractivity contribution < 1.29 is 0 Å². The van der Waals surface area contributed by atoms with Gasteiger partial charge in [0.2, 0.25) is 0 Å². The van der Waals surface area contributed by atoms with Gasteiger partial charge in [-0.05, 0) is 55.5 Å². The Hall–Kier alpha value is -1.65. The number of aromatic nitrogens is 1. The molecule has 0 radical (unpaired) electrons. The second-order valence-electron chi connectivity index (χ2n) is 5.32. The van der Waals surface area contributed by atoms with Crippen LogP contribution in [0.4, 0.5) is 11.5 Å². The lowest BCUT2D eigenvalue weighted by Crippen LogP contribution is -2.14. The van der Waals surface area contributed by atoms with Crippen molar-refractivity contribution in [3.8, 4) is 0 Å². The van der Waals surface area contributed by atoms with E-state index in [9.17, 15) is 0 Å². The maximum Gasteiger partial charge on any atom is 0.140 e. The van der Waals surface area contributed by atoms with Gasteiger partial charge < -0.3 is 11.1 Å². The van der Waals surface area contributed by atoms with E-state index in [4.69, 9.17) is 34.5 Å². The Kier molecular flexibility index (Phi) is 3.83. The standard InChI is InChI=1S/C16H16ClN3S/c1-9-5-6-12(17)14(7-9)20-16-11(15(18)21)8-10-3-2-4-13(10)19-16/h5-8H,2-4H2,1H3,(H2,18,21)(H,19,20). The molecule has 0 unspecified atom stereocenters. The lowest BCUT2D eigenvalue weighted by molar-refractivity contribution is 0.900. The number of nitrogens with one attached hydrogen (secondary N) is 1. The Labute approximate surface area is 134 Å². The Bertz CT molecular complexity index is 728. The predicted octanol–water partition coefficient (Wildman–Crippen LogP) is 3.91. The molecule has 0 fully saturated rings. The molecule has 0 amide bonds. The van der Waals surface area contributed by atoms with Gasteiger partial charge in [-0.2, -0.15) is 0 Å². The molecule has 1 heterocycles. The van der Waals surface area contributed by atoms with Crippen LogP contribution < -0.4 is 11.1 Å². The maximum absolute atomic E-state index is 6.24. The Morgan fingerprint density at radius 1 is 1.33 bits per heavy atom. The number of hydrogen-bond acceptors (Lipinski definition) is 3. The normalized spacial score (nSPS) is 13.0. The maximum atomic E-state index is 6.24. The first kappa shape index (κ1) is 14.3. The van der Waals surface area contributed by atoms with Crippen LogP contribution in [0.2, 0.25) is 5.02 Å². The second kappa shape index (κ2) is 5.62. The monoisotopic (exact) mass is 317 g/mol. The number of fused-ring (bicyclic) bond motifs is 1. The van der Waals surface area contributed by atoms with E-state index in [0.29, 0.717) is 15.8 Å². The molecule has 108 valence electrons. The summed E-state index contributed by atoms with van der Waals surface area (Å²) in [5.41, 5.74) is 10.9. The minimum atomic E-state index is 0.350. The zero-order chi connectivity index (χ0) is 15.0. The van der Waals surface area contributed by atoms with Gasteiger partial charge in [0.15, 0.2) is 0 Å². The number of pyridine rings is 1. The molecule has 0 bridgehead atoms. The lowest BCUT2D eigenvalue weighted by atomic mass is 10.1. The first-order chi connectivity index (χ1) is 10.0. The molecule has 0 saturated heterocycles. The summed E-state index contributed by atoms with van der Waals surface area (Å²) in [6, 6.07) is 7.88. The van der Waals surface area contributed by atoms with Crippen molar-refractivity contribution in [1.29, 1.82) is 0 Å². The third-order valence-corrected chi connectivity index (χ3v) is 4.24. The molecule has 3 rings (SSSR count). The van der Waals surface area contributed by atoms with Crippen molar-refractivity contribution in [3.05, 3.63) is 51.7 Å². The van der Waals surface area contributed by atoms with Crippen LogP contribution in [0, 0.1) is 6.92 Å². The average molecular weight is 318 g/mol.